The Morgan fingerprint density at radius 1 is 1.54 bits per heavy atom. The Bertz CT molecular complexity index is 1680. The van der Waals surface area contributed by atoms with E-state index in [9.17, 15) is 9.65 Å². The minimum Gasteiger partial charge on any atom is -0.367 e. The minimum absolute atomic E-state index is 0.174. The highest BCUT2D eigenvalue weighted by atomic mass is 35.5. The Balaban J connectivity index is 2.02. The molecule has 1 saturated heterocycles. The summed E-state index contributed by atoms with van der Waals surface area (Å²) in [5.74, 6) is -2.20. The van der Waals surface area contributed by atoms with Crippen molar-refractivity contribution in [3.63, 3.8) is 0 Å². The molecule has 0 amide bonds. The van der Waals surface area contributed by atoms with Crippen LogP contribution in [0, 0.1) is 24.1 Å². The van der Waals surface area contributed by atoms with E-state index in [-0.39, 0.29) is 19.4 Å². The maximum Gasteiger partial charge on any atom is 0.162 e. The number of benzene rings is 1. The van der Waals surface area contributed by atoms with Gasteiger partial charge in [-0.15, -0.1) is 11.3 Å². The van der Waals surface area contributed by atoms with E-state index in [0.29, 0.717) is 11.3 Å². The van der Waals surface area contributed by atoms with Gasteiger partial charge in [-0.2, -0.15) is 5.26 Å². The van der Waals surface area contributed by atoms with E-state index in [0.717, 1.165) is 6.92 Å². The number of halogens is 2. The molecule has 1 fully saturated rings. The number of fused-ring (bicyclic) bond motifs is 1. The van der Waals surface area contributed by atoms with Gasteiger partial charge in [-0.1, -0.05) is 17.6 Å². The van der Waals surface area contributed by atoms with E-state index in [4.69, 9.17) is 32.2 Å². The van der Waals surface area contributed by atoms with Gasteiger partial charge in [0.05, 0.1) is 20.8 Å². The number of hydrogen-bond acceptors (Lipinski definition) is 6. The topological polar surface area (TPSA) is 64.8 Å². The summed E-state index contributed by atoms with van der Waals surface area (Å²) in [6.07, 6.45) is -8.80. The SMILES string of the molecule is [2H]c1nc(N([2H])C2([2H])C([2H])([2H])C([2H])([2H])N(C([2H])c3c([2H])c(C)c(F)c(C#N)c3[2H])C([2H])([2H])C2([2H])[2H])c2c([2H])c(Cl)sc2n1. The predicted molar refractivity (Wildman–Crippen MR) is 110 cm³/mol. The highest BCUT2D eigenvalue weighted by Crippen LogP contribution is 2.32. The summed E-state index contributed by atoms with van der Waals surface area (Å²) in [5, 5.41) is 8.65. The zero-order chi connectivity index (χ0) is 33.0. The third-order valence-corrected chi connectivity index (χ3v) is 4.56. The molecular weight excluding hydrogens is 397 g/mol. The van der Waals surface area contributed by atoms with Crippen LogP contribution in [0.2, 0.25) is 5.75 Å². The van der Waals surface area contributed by atoms with Gasteiger partial charge in [0.2, 0.25) is 0 Å². The maximum atomic E-state index is 14.6. The van der Waals surface area contributed by atoms with Crippen molar-refractivity contribution < 1.29 is 25.0 Å². The number of nitriles is 1. The summed E-state index contributed by atoms with van der Waals surface area (Å²) in [6.45, 7) is -9.45. The summed E-state index contributed by atoms with van der Waals surface area (Å²) in [6, 6.07) is -5.09. The molecule has 1 aliphatic heterocycles. The molecule has 1 atom stereocenters. The number of likely N-dealkylation sites (tertiary alicyclic amines) is 1. The maximum absolute atomic E-state index is 14.6. The van der Waals surface area contributed by atoms with Crippen molar-refractivity contribution in [3.8, 4) is 6.07 Å². The van der Waals surface area contributed by atoms with Crippen molar-refractivity contribution in [2.24, 2.45) is 0 Å². The van der Waals surface area contributed by atoms with Crippen LogP contribution >= 0.6 is 22.9 Å². The molecule has 28 heavy (non-hydrogen) atoms. The Morgan fingerprint density at radius 2 is 2.32 bits per heavy atom. The first-order valence-corrected chi connectivity index (χ1v) is 8.79. The lowest BCUT2D eigenvalue weighted by Gasteiger charge is -2.32. The zero-order valence-electron chi connectivity index (χ0n) is 29.0. The van der Waals surface area contributed by atoms with Crippen LogP contribution < -0.4 is 5.31 Å². The van der Waals surface area contributed by atoms with Crippen LogP contribution in [-0.4, -0.2) is 33.9 Å². The van der Waals surface area contributed by atoms with Gasteiger partial charge in [0, 0.05) is 37.9 Å². The lowest BCUT2D eigenvalue weighted by atomic mass is 10.0. The first-order chi connectivity index (χ1) is 19.5. The van der Waals surface area contributed by atoms with Crippen molar-refractivity contribution in [2.75, 3.05) is 18.3 Å². The quantitative estimate of drug-likeness (QED) is 0.647. The van der Waals surface area contributed by atoms with Crippen LogP contribution in [0.3, 0.4) is 0 Å². The molecule has 0 aliphatic carbocycles. The first kappa shape index (κ1) is 8.23. The summed E-state index contributed by atoms with van der Waals surface area (Å²) >= 11 is 6.65. The second-order valence-corrected chi connectivity index (χ2v) is 6.95. The Morgan fingerprint density at radius 3 is 3.07 bits per heavy atom. The summed E-state index contributed by atoms with van der Waals surface area (Å²) < 4.78 is 143. The molecule has 0 spiro atoms. The number of thiophene rings is 1. The highest BCUT2D eigenvalue weighted by Gasteiger charge is 2.21. The zero-order valence-corrected chi connectivity index (χ0v) is 15.6. The van der Waals surface area contributed by atoms with Crippen molar-refractivity contribution in [1.82, 2.24) is 14.9 Å². The van der Waals surface area contributed by atoms with Crippen LogP contribution in [-0.2, 0) is 6.52 Å². The second-order valence-electron chi connectivity index (χ2n) is 5.35. The molecule has 0 radical (unpaired) electrons. The molecule has 5 nitrogen and oxygen atoms in total. The van der Waals surface area contributed by atoms with E-state index in [1.165, 1.54) is 6.07 Å². The third kappa shape index (κ3) is 3.95. The molecule has 0 saturated carbocycles. The van der Waals surface area contributed by atoms with Crippen LogP contribution in [0.1, 0.15) is 48.6 Å². The average molecular weight is 431 g/mol. The van der Waals surface area contributed by atoms with Gasteiger partial charge in [-0.25, -0.2) is 14.4 Å². The van der Waals surface area contributed by atoms with Gasteiger partial charge in [0.15, 0.2) is 1.41 Å². The van der Waals surface area contributed by atoms with E-state index < -0.39 is 96.4 Å². The second kappa shape index (κ2) is 8.00. The number of aromatic nitrogens is 2. The van der Waals surface area contributed by atoms with Crippen LogP contribution in [0.25, 0.3) is 10.2 Å². The first-order valence-electron chi connectivity index (χ1n) is 15.1. The molecule has 3 heterocycles. The Labute approximate surface area is 192 Å². The fraction of sp³-hybridized carbons (Fsp3) is 0.350. The largest absolute Gasteiger partial charge is 0.367 e. The monoisotopic (exact) mass is 430 g/mol. The minimum atomic E-state index is -3.99. The van der Waals surface area contributed by atoms with E-state index >= 15 is 0 Å². The Hall–Kier alpha value is -2.27. The number of nitrogens with one attached hydrogen (secondary N) is 1. The smallest absolute Gasteiger partial charge is 0.162 e. The summed E-state index contributed by atoms with van der Waals surface area (Å²) in [4.78, 5) is 6.93. The van der Waals surface area contributed by atoms with Gasteiger partial charge in [0.25, 0.3) is 0 Å². The molecule has 1 N–H and O–H groups in total. The van der Waals surface area contributed by atoms with Crippen molar-refractivity contribution in [2.45, 2.75) is 32.2 Å². The molecule has 4 rings (SSSR count). The number of anilines is 1. The van der Waals surface area contributed by atoms with Gasteiger partial charge in [0.1, 0.15) is 30.2 Å². The van der Waals surface area contributed by atoms with Gasteiger partial charge >= 0.3 is 0 Å². The van der Waals surface area contributed by atoms with Gasteiger partial charge < -0.3 is 5.31 Å². The molecule has 0 bridgehead atoms. The van der Waals surface area contributed by atoms with Crippen LogP contribution in [0.15, 0.2) is 24.4 Å². The summed E-state index contributed by atoms with van der Waals surface area (Å²) in [7, 11) is 0. The van der Waals surface area contributed by atoms with Crippen LogP contribution in [0.5, 0.6) is 0 Å². The number of hydrogen-bond donors (Lipinski definition) is 1. The lowest BCUT2D eigenvalue weighted by Crippen LogP contribution is -2.38. The van der Waals surface area contributed by atoms with Crippen LogP contribution in [0.4, 0.5) is 10.2 Å². The Kier molecular flexibility index (Phi) is 2.35. The average Bonchev–Trinajstić information content (AvgIpc) is 3.17. The fourth-order valence-corrected chi connectivity index (χ4v) is 3.21. The number of rotatable bonds is 4. The third-order valence-electron chi connectivity index (χ3n) is 3.46. The normalized spacial score (nSPS) is 32.9. The molecule has 1 aromatic carbocycles. The molecular formula is C20H19ClFN5S. The predicted octanol–water partition coefficient (Wildman–Crippen LogP) is 4.74. The van der Waals surface area contributed by atoms with Gasteiger partial charge in [-0.05, 0) is 42.9 Å². The standard InChI is InChI=1S/C20H19ClFN5S/c1-12-6-13(7-14(9-23)18(12)22)10-27-4-2-15(3-5-27)26-19-16-8-17(21)28-20(16)25-11-24-19/h6-8,11,15H,2-5,10H2,1H3,(H,24,25,26)/i2D2,3D2,4D2,5D2,6D,7D,8D,10D,11D,15D/hD. The van der Waals surface area contributed by atoms with E-state index in [2.05, 4.69) is 9.97 Å². The molecule has 8 heteroatoms. The van der Waals surface area contributed by atoms with Crippen molar-refractivity contribution in [3.05, 3.63) is 51.3 Å². The van der Waals surface area contributed by atoms with Crippen molar-refractivity contribution in [1.29, 1.82) is 5.26 Å². The number of piperidine rings is 1. The lowest BCUT2D eigenvalue weighted by molar-refractivity contribution is 0.211. The molecule has 1 unspecified atom stereocenters. The van der Waals surface area contributed by atoms with Crippen molar-refractivity contribution >= 4 is 39.0 Å². The molecule has 3 aromatic rings. The summed E-state index contributed by atoms with van der Waals surface area (Å²) in [5.41, 5.74) is -2.45. The molecule has 1 aliphatic rings. The van der Waals surface area contributed by atoms with E-state index in [1.54, 1.807) is 0 Å². The fourth-order valence-electron chi connectivity index (χ4n) is 2.25. The molecule has 144 valence electrons. The van der Waals surface area contributed by atoms with E-state index in [1.807, 2.05) is 0 Å². The number of nitrogens with zero attached hydrogens (tertiary/aromatic N) is 4. The van der Waals surface area contributed by atoms with Gasteiger partial charge in [-0.3, -0.25) is 4.90 Å². The molecule has 2 aromatic heterocycles. The highest BCUT2D eigenvalue weighted by molar-refractivity contribution is 7.22.